The topological polar surface area (TPSA) is 96.3 Å². The average molecular weight is 469 g/mol. The summed E-state index contributed by atoms with van der Waals surface area (Å²) in [5.41, 5.74) is 0.374. The number of rotatable bonds is 9. The van der Waals surface area contributed by atoms with E-state index in [9.17, 15) is 19.3 Å². The molecule has 7 nitrogen and oxygen atoms in total. The van der Waals surface area contributed by atoms with Gasteiger partial charge in [0.25, 0.3) is 0 Å². The molecule has 3 N–H and O–H groups in total. The van der Waals surface area contributed by atoms with E-state index < -0.39 is 22.5 Å². The predicted octanol–water partition coefficient (Wildman–Crippen LogP) is 5.48. The molecule has 0 aromatic heterocycles. The van der Waals surface area contributed by atoms with Crippen LogP contribution in [-0.2, 0) is 0 Å². The second-order valence-electron chi connectivity index (χ2n) is 7.50. The van der Waals surface area contributed by atoms with Crippen LogP contribution in [0.5, 0.6) is 0 Å². The Balaban J connectivity index is 1.61. The summed E-state index contributed by atoms with van der Waals surface area (Å²) in [7, 11) is 0. The lowest BCUT2D eigenvalue weighted by molar-refractivity contribution is -0.387. The van der Waals surface area contributed by atoms with Crippen LogP contribution in [0.25, 0.3) is 0 Å². The Morgan fingerprint density at radius 1 is 1.19 bits per heavy atom. The van der Waals surface area contributed by atoms with Gasteiger partial charge >= 0.3 is 11.7 Å². The lowest BCUT2D eigenvalue weighted by Gasteiger charge is -2.28. The molecule has 3 rings (SSSR count). The first-order chi connectivity index (χ1) is 14.8. The summed E-state index contributed by atoms with van der Waals surface area (Å²) >= 11 is 12.2. The zero-order valence-electron chi connectivity index (χ0n) is 16.7. The molecule has 1 aliphatic rings. The molecule has 0 aliphatic heterocycles. The van der Waals surface area contributed by atoms with E-state index in [0.29, 0.717) is 22.6 Å². The molecule has 1 aliphatic carbocycles. The van der Waals surface area contributed by atoms with E-state index in [0.717, 1.165) is 30.7 Å². The van der Waals surface area contributed by atoms with Crippen molar-refractivity contribution < 1.29 is 14.1 Å². The smallest absolute Gasteiger partial charge is 0.319 e. The third-order valence-corrected chi connectivity index (χ3v) is 6.09. The number of benzene rings is 2. The molecule has 0 bridgehead atoms. The summed E-state index contributed by atoms with van der Waals surface area (Å²) < 4.78 is 13.5. The standard InChI is InChI=1S/C21H23Cl2FN4O3/c22-17-6-4-13(10-18(17)23)14(8-9-25-15-2-1-3-15)12-26-21(29)27-16-5-7-19(24)20(11-16)28(30)31/h4-7,10-11,14-15,25H,1-3,8-9,12H2,(H2,26,27,29). The highest BCUT2D eigenvalue weighted by molar-refractivity contribution is 6.42. The number of anilines is 1. The highest BCUT2D eigenvalue weighted by atomic mass is 35.5. The van der Waals surface area contributed by atoms with Gasteiger partial charge in [-0.2, -0.15) is 4.39 Å². The fourth-order valence-corrected chi connectivity index (χ4v) is 3.66. The van der Waals surface area contributed by atoms with Gasteiger partial charge in [0.1, 0.15) is 0 Å². The minimum Gasteiger partial charge on any atom is -0.337 e. The highest BCUT2D eigenvalue weighted by Crippen LogP contribution is 2.28. The van der Waals surface area contributed by atoms with Crippen LogP contribution >= 0.6 is 23.2 Å². The molecule has 0 spiro atoms. The SMILES string of the molecule is O=C(NCC(CCNC1CCC1)c1ccc(Cl)c(Cl)c1)Nc1ccc(F)c([N+](=O)[O-])c1. The second kappa shape index (κ2) is 10.7. The second-order valence-corrected chi connectivity index (χ2v) is 8.31. The number of carbonyl (C=O) groups excluding carboxylic acids is 1. The largest absolute Gasteiger partial charge is 0.337 e. The van der Waals surface area contributed by atoms with Crippen LogP contribution in [-0.4, -0.2) is 30.1 Å². The molecule has 2 aromatic carbocycles. The van der Waals surface area contributed by atoms with Crippen LogP contribution in [0, 0.1) is 15.9 Å². The summed E-state index contributed by atoms with van der Waals surface area (Å²) in [6.07, 6.45) is 4.39. The fourth-order valence-electron chi connectivity index (χ4n) is 3.35. The first kappa shape index (κ1) is 23.2. The molecule has 0 heterocycles. The lowest BCUT2D eigenvalue weighted by atomic mass is 9.92. The van der Waals surface area contributed by atoms with Crippen molar-refractivity contribution in [1.29, 1.82) is 0 Å². The van der Waals surface area contributed by atoms with Crippen molar-refractivity contribution in [2.75, 3.05) is 18.4 Å². The van der Waals surface area contributed by atoms with E-state index in [1.807, 2.05) is 6.07 Å². The van der Waals surface area contributed by atoms with Gasteiger partial charge in [-0.05, 0) is 55.6 Å². The molecule has 2 aromatic rings. The van der Waals surface area contributed by atoms with Crippen molar-refractivity contribution >= 4 is 40.6 Å². The predicted molar refractivity (Wildman–Crippen MR) is 120 cm³/mol. The molecule has 1 fully saturated rings. The number of nitrogens with one attached hydrogen (secondary N) is 3. The minimum absolute atomic E-state index is 0.0179. The molecule has 1 atom stereocenters. The maximum Gasteiger partial charge on any atom is 0.319 e. The van der Waals surface area contributed by atoms with E-state index in [1.165, 1.54) is 25.3 Å². The molecule has 1 saturated carbocycles. The minimum atomic E-state index is -0.963. The van der Waals surface area contributed by atoms with E-state index >= 15 is 0 Å². The number of hydrogen-bond donors (Lipinski definition) is 3. The van der Waals surface area contributed by atoms with Crippen molar-refractivity contribution in [3.8, 4) is 0 Å². The third kappa shape index (κ3) is 6.53. The van der Waals surface area contributed by atoms with E-state index in [-0.39, 0.29) is 11.6 Å². The van der Waals surface area contributed by atoms with E-state index in [4.69, 9.17) is 23.2 Å². The number of halogens is 3. The van der Waals surface area contributed by atoms with Gasteiger partial charge in [0.15, 0.2) is 0 Å². The Morgan fingerprint density at radius 2 is 1.97 bits per heavy atom. The normalized spacial score (nSPS) is 14.5. The van der Waals surface area contributed by atoms with Gasteiger partial charge in [-0.15, -0.1) is 0 Å². The summed E-state index contributed by atoms with van der Waals surface area (Å²) in [6, 6.07) is 8.60. The quantitative estimate of drug-likeness (QED) is 0.335. The molecule has 166 valence electrons. The van der Waals surface area contributed by atoms with Crippen LogP contribution in [0.1, 0.15) is 37.2 Å². The number of hydrogen-bond acceptors (Lipinski definition) is 4. The summed E-state index contributed by atoms with van der Waals surface area (Å²) in [5, 5.41) is 20.6. The van der Waals surface area contributed by atoms with Gasteiger partial charge in [0, 0.05) is 30.3 Å². The van der Waals surface area contributed by atoms with Crippen molar-refractivity contribution in [3.63, 3.8) is 0 Å². The Bertz CT molecular complexity index is 956. The Hall–Kier alpha value is -2.42. The first-order valence-electron chi connectivity index (χ1n) is 10.0. The molecule has 31 heavy (non-hydrogen) atoms. The number of nitro groups is 1. The maximum atomic E-state index is 13.5. The Morgan fingerprint density at radius 3 is 2.61 bits per heavy atom. The molecule has 2 amide bonds. The fraction of sp³-hybridized carbons (Fsp3) is 0.381. The van der Waals surface area contributed by atoms with Crippen LogP contribution < -0.4 is 16.0 Å². The van der Waals surface area contributed by atoms with Gasteiger partial charge in [-0.1, -0.05) is 35.7 Å². The van der Waals surface area contributed by atoms with Gasteiger partial charge in [0.05, 0.1) is 15.0 Å². The summed E-state index contributed by atoms with van der Waals surface area (Å²) in [4.78, 5) is 22.4. The number of urea groups is 1. The zero-order chi connectivity index (χ0) is 22.4. The molecular weight excluding hydrogens is 446 g/mol. The number of amides is 2. The van der Waals surface area contributed by atoms with Gasteiger partial charge in [-0.25, -0.2) is 4.79 Å². The van der Waals surface area contributed by atoms with Crippen LogP contribution in [0.4, 0.5) is 20.6 Å². The molecule has 0 radical (unpaired) electrons. The molecule has 0 saturated heterocycles. The first-order valence-corrected chi connectivity index (χ1v) is 10.8. The molecule has 1 unspecified atom stereocenters. The zero-order valence-corrected chi connectivity index (χ0v) is 18.2. The van der Waals surface area contributed by atoms with Gasteiger partial charge < -0.3 is 16.0 Å². The van der Waals surface area contributed by atoms with Crippen LogP contribution in [0.2, 0.25) is 10.0 Å². The highest BCUT2D eigenvalue weighted by Gasteiger charge is 2.19. The van der Waals surface area contributed by atoms with Crippen molar-refractivity contribution in [2.45, 2.75) is 37.6 Å². The molecule has 10 heteroatoms. The van der Waals surface area contributed by atoms with Gasteiger partial charge in [0.2, 0.25) is 5.82 Å². The lowest BCUT2D eigenvalue weighted by Crippen LogP contribution is -2.37. The van der Waals surface area contributed by atoms with Crippen LogP contribution in [0.3, 0.4) is 0 Å². The van der Waals surface area contributed by atoms with Crippen molar-refractivity contribution in [1.82, 2.24) is 10.6 Å². The van der Waals surface area contributed by atoms with Crippen molar-refractivity contribution in [2.24, 2.45) is 0 Å². The summed E-state index contributed by atoms with van der Waals surface area (Å²) in [6.45, 7) is 1.11. The number of nitrogens with zero attached hydrogens (tertiary/aromatic N) is 1. The summed E-state index contributed by atoms with van der Waals surface area (Å²) in [5.74, 6) is -0.981. The number of nitro benzene ring substituents is 1. The van der Waals surface area contributed by atoms with E-state index in [2.05, 4.69) is 16.0 Å². The Labute approximate surface area is 189 Å². The van der Waals surface area contributed by atoms with Crippen molar-refractivity contribution in [3.05, 3.63) is 67.9 Å². The maximum absolute atomic E-state index is 13.5. The Kier molecular flexibility index (Phi) is 8.06. The van der Waals surface area contributed by atoms with Crippen LogP contribution in [0.15, 0.2) is 36.4 Å². The third-order valence-electron chi connectivity index (χ3n) is 5.36. The monoisotopic (exact) mass is 468 g/mol. The molecular formula is C21H23Cl2FN4O3. The average Bonchev–Trinajstić information content (AvgIpc) is 2.69. The van der Waals surface area contributed by atoms with E-state index in [1.54, 1.807) is 12.1 Å². The number of carbonyl (C=O) groups is 1. The van der Waals surface area contributed by atoms with Gasteiger partial charge in [-0.3, -0.25) is 10.1 Å².